The Labute approximate surface area is 185 Å². The van der Waals surface area contributed by atoms with Gasteiger partial charge in [-0.3, -0.25) is 4.79 Å². The summed E-state index contributed by atoms with van der Waals surface area (Å²) >= 11 is 6.01. The highest BCUT2D eigenvalue weighted by Gasteiger charge is 2.32. The van der Waals surface area contributed by atoms with E-state index in [9.17, 15) is 18.3 Å². The van der Waals surface area contributed by atoms with E-state index in [0.29, 0.717) is 49.0 Å². The van der Waals surface area contributed by atoms with Gasteiger partial charge in [0.15, 0.2) is 0 Å². The molecule has 0 saturated carbocycles. The summed E-state index contributed by atoms with van der Waals surface area (Å²) in [4.78, 5) is 12.8. The van der Waals surface area contributed by atoms with Crippen LogP contribution in [0.2, 0.25) is 5.02 Å². The zero-order chi connectivity index (χ0) is 22.0. The lowest BCUT2D eigenvalue weighted by Gasteiger charge is -2.26. The number of benzene rings is 2. The number of sulfonamides is 1. The minimum atomic E-state index is -3.58. The van der Waals surface area contributed by atoms with E-state index in [0.717, 1.165) is 0 Å². The van der Waals surface area contributed by atoms with E-state index < -0.39 is 16.1 Å². The van der Waals surface area contributed by atoms with Crippen LogP contribution in [0.15, 0.2) is 47.4 Å². The first kappa shape index (κ1) is 22.0. The summed E-state index contributed by atoms with van der Waals surface area (Å²) in [6.45, 7) is 1.41. The number of phenolic OH excluding ortho intramolecular Hbond substituents is 1. The molecule has 0 spiro atoms. The summed E-state index contributed by atoms with van der Waals surface area (Å²) in [6.07, 6.45) is 0.406. The Morgan fingerprint density at radius 2 is 1.84 bits per heavy atom. The zero-order valence-electron chi connectivity index (χ0n) is 16.5. The Balaban J connectivity index is 1.38. The second-order valence-corrected chi connectivity index (χ2v) is 9.74. The molecule has 0 aliphatic carbocycles. The number of nitrogens with one attached hydrogen (secondary N) is 3. The summed E-state index contributed by atoms with van der Waals surface area (Å²) < 4.78 is 32.0. The molecule has 31 heavy (non-hydrogen) atoms. The average molecular weight is 467 g/mol. The van der Waals surface area contributed by atoms with Crippen molar-refractivity contribution >= 4 is 33.2 Å². The molecule has 2 fully saturated rings. The molecule has 2 aliphatic rings. The van der Waals surface area contributed by atoms with Crippen LogP contribution in [0, 0.1) is 0 Å². The molecule has 4 rings (SSSR count). The standard InChI is InChI=1S/C20H23ClN4O5S/c21-13-1-6-19(26)16(11-13)17-12-18(24-23-17)20(27)22-14-2-4-15(5-3-14)31(28,29)25-7-9-30-10-8-25/h1-6,11,17-18,23-24,26H,7-10,12H2,(H,22,27). The lowest BCUT2D eigenvalue weighted by molar-refractivity contribution is -0.117. The first-order chi connectivity index (χ1) is 14.8. The Morgan fingerprint density at radius 1 is 1.13 bits per heavy atom. The van der Waals surface area contributed by atoms with E-state index in [-0.39, 0.29) is 22.6 Å². The van der Waals surface area contributed by atoms with Crippen LogP contribution in [0.3, 0.4) is 0 Å². The van der Waals surface area contributed by atoms with Gasteiger partial charge < -0.3 is 15.2 Å². The molecular formula is C20H23ClN4O5S. The van der Waals surface area contributed by atoms with Crippen molar-refractivity contribution in [1.29, 1.82) is 0 Å². The third-order valence-corrected chi connectivity index (χ3v) is 7.46. The monoisotopic (exact) mass is 466 g/mol. The predicted molar refractivity (Wildman–Crippen MR) is 115 cm³/mol. The number of carbonyl (C=O) groups excluding carboxylic acids is 1. The number of aromatic hydroxyl groups is 1. The lowest BCUT2D eigenvalue weighted by atomic mass is 10.0. The van der Waals surface area contributed by atoms with E-state index in [1.807, 2.05) is 0 Å². The molecular weight excluding hydrogens is 444 g/mol. The van der Waals surface area contributed by atoms with Crippen LogP contribution in [-0.2, 0) is 19.6 Å². The molecule has 2 atom stereocenters. The van der Waals surface area contributed by atoms with E-state index in [1.54, 1.807) is 24.3 Å². The van der Waals surface area contributed by atoms with Crippen molar-refractivity contribution < 1.29 is 23.1 Å². The van der Waals surface area contributed by atoms with Crippen LogP contribution in [0.25, 0.3) is 0 Å². The zero-order valence-corrected chi connectivity index (χ0v) is 18.1. The second-order valence-electron chi connectivity index (χ2n) is 7.36. The number of carbonyl (C=O) groups is 1. The SMILES string of the molecule is O=C(Nc1ccc(S(=O)(=O)N2CCOCC2)cc1)C1CC(c2cc(Cl)ccc2O)NN1. The van der Waals surface area contributed by atoms with Gasteiger partial charge in [0.05, 0.1) is 24.2 Å². The predicted octanol–water partition coefficient (Wildman–Crippen LogP) is 1.61. The number of anilines is 1. The molecule has 2 aliphatic heterocycles. The third-order valence-electron chi connectivity index (χ3n) is 5.31. The van der Waals surface area contributed by atoms with E-state index in [2.05, 4.69) is 16.2 Å². The quantitative estimate of drug-likeness (QED) is 0.528. The van der Waals surface area contributed by atoms with Gasteiger partial charge in [0.25, 0.3) is 0 Å². The number of rotatable bonds is 5. The van der Waals surface area contributed by atoms with Crippen molar-refractivity contribution in [3.63, 3.8) is 0 Å². The van der Waals surface area contributed by atoms with Crippen molar-refractivity contribution in [2.45, 2.75) is 23.4 Å². The number of amides is 1. The van der Waals surface area contributed by atoms with Crippen molar-refractivity contribution in [3.05, 3.63) is 53.1 Å². The topological polar surface area (TPSA) is 120 Å². The lowest BCUT2D eigenvalue weighted by Crippen LogP contribution is -2.40. The van der Waals surface area contributed by atoms with Gasteiger partial charge in [-0.1, -0.05) is 11.6 Å². The first-order valence-electron chi connectivity index (χ1n) is 9.83. The minimum Gasteiger partial charge on any atom is -0.508 e. The fraction of sp³-hybridized carbons (Fsp3) is 0.350. The summed E-state index contributed by atoms with van der Waals surface area (Å²) in [5, 5.41) is 13.3. The van der Waals surface area contributed by atoms with Gasteiger partial charge in [-0.2, -0.15) is 4.31 Å². The largest absolute Gasteiger partial charge is 0.508 e. The smallest absolute Gasteiger partial charge is 0.243 e. The van der Waals surface area contributed by atoms with Crippen molar-refractivity contribution in [1.82, 2.24) is 15.2 Å². The maximum absolute atomic E-state index is 12.7. The Bertz CT molecular complexity index is 1060. The molecule has 0 radical (unpaired) electrons. The molecule has 2 saturated heterocycles. The number of halogens is 1. The number of morpholine rings is 1. The minimum absolute atomic E-state index is 0.0989. The fourth-order valence-corrected chi connectivity index (χ4v) is 5.20. The van der Waals surface area contributed by atoms with Crippen LogP contribution >= 0.6 is 11.6 Å². The highest BCUT2D eigenvalue weighted by Crippen LogP contribution is 2.32. The Kier molecular flexibility index (Phi) is 6.47. The molecule has 1 amide bonds. The number of hydrogen-bond donors (Lipinski definition) is 4. The fourth-order valence-electron chi connectivity index (χ4n) is 3.61. The number of hydrogen-bond acceptors (Lipinski definition) is 7. The molecule has 4 N–H and O–H groups in total. The summed E-state index contributed by atoms with van der Waals surface area (Å²) in [5.41, 5.74) is 7.01. The highest BCUT2D eigenvalue weighted by atomic mass is 35.5. The highest BCUT2D eigenvalue weighted by molar-refractivity contribution is 7.89. The van der Waals surface area contributed by atoms with Gasteiger partial charge >= 0.3 is 0 Å². The number of ether oxygens (including phenoxy) is 1. The molecule has 166 valence electrons. The molecule has 2 heterocycles. The maximum atomic E-state index is 12.7. The van der Waals surface area contributed by atoms with Gasteiger partial charge in [-0.05, 0) is 48.9 Å². The second kappa shape index (κ2) is 9.11. The normalized spacial score (nSPS) is 22.4. The van der Waals surface area contributed by atoms with Crippen molar-refractivity contribution in [2.24, 2.45) is 0 Å². The van der Waals surface area contributed by atoms with Crippen LogP contribution < -0.4 is 16.2 Å². The van der Waals surface area contributed by atoms with E-state index >= 15 is 0 Å². The van der Waals surface area contributed by atoms with Gasteiger partial charge in [-0.15, -0.1) is 0 Å². The van der Waals surface area contributed by atoms with Crippen LogP contribution in [-0.4, -0.2) is 56.1 Å². The Morgan fingerprint density at radius 3 is 2.55 bits per heavy atom. The van der Waals surface area contributed by atoms with E-state index in [1.165, 1.54) is 22.5 Å². The molecule has 11 heteroatoms. The van der Waals surface area contributed by atoms with Crippen LogP contribution in [0.5, 0.6) is 5.75 Å². The number of phenols is 1. The van der Waals surface area contributed by atoms with Crippen LogP contribution in [0.1, 0.15) is 18.0 Å². The summed E-state index contributed by atoms with van der Waals surface area (Å²) in [6, 6.07) is 10.0. The average Bonchev–Trinajstić information content (AvgIpc) is 3.27. The van der Waals surface area contributed by atoms with Crippen LogP contribution in [0.4, 0.5) is 5.69 Å². The van der Waals surface area contributed by atoms with Gasteiger partial charge in [0, 0.05) is 29.4 Å². The molecule has 9 nitrogen and oxygen atoms in total. The maximum Gasteiger partial charge on any atom is 0.243 e. The molecule has 2 unspecified atom stereocenters. The van der Waals surface area contributed by atoms with E-state index in [4.69, 9.17) is 16.3 Å². The molecule has 2 aromatic rings. The van der Waals surface area contributed by atoms with Crippen molar-refractivity contribution in [2.75, 3.05) is 31.6 Å². The summed E-state index contributed by atoms with van der Waals surface area (Å²) in [7, 11) is -3.58. The number of nitrogens with zero attached hydrogens (tertiary/aromatic N) is 1. The summed E-state index contributed by atoms with van der Waals surface area (Å²) in [5.74, 6) is -0.179. The van der Waals surface area contributed by atoms with Gasteiger partial charge in [0.2, 0.25) is 15.9 Å². The first-order valence-corrected chi connectivity index (χ1v) is 11.6. The van der Waals surface area contributed by atoms with Gasteiger partial charge in [-0.25, -0.2) is 19.3 Å². The number of hydrazine groups is 1. The molecule has 0 aromatic heterocycles. The molecule has 2 aromatic carbocycles. The van der Waals surface area contributed by atoms with Crippen molar-refractivity contribution in [3.8, 4) is 5.75 Å². The molecule has 0 bridgehead atoms. The third kappa shape index (κ3) is 4.84. The Hall–Kier alpha value is -2.21. The van der Waals surface area contributed by atoms with Gasteiger partial charge in [0.1, 0.15) is 11.8 Å².